The van der Waals surface area contributed by atoms with Gasteiger partial charge in [0.2, 0.25) is 5.75 Å². The molecule has 3 rings (SSSR count). The highest BCUT2D eigenvalue weighted by Gasteiger charge is 2.31. The number of aliphatic hydroxyl groups excluding tert-OH is 5. The first-order valence-corrected chi connectivity index (χ1v) is 9.42. The molecule has 1 heterocycles. The minimum absolute atomic E-state index is 0.0164. The zero-order valence-corrected chi connectivity index (χ0v) is 16.5. The Bertz CT molecular complexity index is 1140. The van der Waals surface area contributed by atoms with Crippen LogP contribution in [0.25, 0.3) is 22.3 Å². The van der Waals surface area contributed by atoms with Crippen LogP contribution >= 0.6 is 0 Å². The van der Waals surface area contributed by atoms with E-state index in [2.05, 4.69) is 0 Å². The van der Waals surface area contributed by atoms with Gasteiger partial charge in [-0.1, -0.05) is 0 Å². The minimum atomic E-state index is -1.91. The standard InChI is InChI=1S/C21H22O11/c22-7-14(27)18(29)19(30)15(28)8-31-20-13(26)5-11(24)17-12(25)6-16(32-21(17)20)9-1-3-10(23)4-2-9/h1-6,14-15,18-19,22-24,26-30H,7-8H2. The van der Waals surface area contributed by atoms with Crippen LogP contribution in [0.4, 0.5) is 0 Å². The molecule has 3 aromatic rings. The molecule has 0 fully saturated rings. The smallest absolute Gasteiger partial charge is 0.205 e. The maximum absolute atomic E-state index is 12.6. The summed E-state index contributed by atoms with van der Waals surface area (Å²) in [4.78, 5) is 12.6. The molecular weight excluding hydrogens is 428 g/mol. The van der Waals surface area contributed by atoms with Crippen LogP contribution in [0.3, 0.4) is 0 Å². The summed E-state index contributed by atoms with van der Waals surface area (Å²) in [6, 6.07) is 7.59. The van der Waals surface area contributed by atoms with Crippen molar-refractivity contribution < 1.29 is 50.0 Å². The monoisotopic (exact) mass is 450 g/mol. The van der Waals surface area contributed by atoms with E-state index < -0.39 is 60.3 Å². The summed E-state index contributed by atoms with van der Waals surface area (Å²) in [5, 5.41) is 77.3. The largest absolute Gasteiger partial charge is 0.508 e. The van der Waals surface area contributed by atoms with E-state index in [1.165, 1.54) is 24.3 Å². The second-order valence-corrected chi connectivity index (χ2v) is 7.08. The molecule has 4 unspecified atom stereocenters. The molecule has 11 nitrogen and oxygen atoms in total. The van der Waals surface area contributed by atoms with Gasteiger partial charge in [-0.15, -0.1) is 0 Å². The Balaban J connectivity index is 1.99. The lowest BCUT2D eigenvalue weighted by Crippen LogP contribution is -2.47. The molecule has 172 valence electrons. The van der Waals surface area contributed by atoms with Gasteiger partial charge in [0, 0.05) is 17.7 Å². The summed E-state index contributed by atoms with van der Waals surface area (Å²) in [7, 11) is 0. The topological polar surface area (TPSA) is 201 Å². The third kappa shape index (κ3) is 4.61. The summed E-state index contributed by atoms with van der Waals surface area (Å²) in [6.45, 7) is -1.59. The lowest BCUT2D eigenvalue weighted by molar-refractivity contribution is -0.121. The van der Waals surface area contributed by atoms with E-state index in [1.54, 1.807) is 0 Å². The van der Waals surface area contributed by atoms with Crippen molar-refractivity contribution in [1.29, 1.82) is 0 Å². The molecule has 11 heteroatoms. The van der Waals surface area contributed by atoms with Gasteiger partial charge >= 0.3 is 0 Å². The number of ether oxygens (including phenoxy) is 1. The number of phenolic OH excluding ortho intramolecular Hbond substituents is 3. The summed E-state index contributed by atoms with van der Waals surface area (Å²) >= 11 is 0. The zero-order valence-electron chi connectivity index (χ0n) is 16.5. The van der Waals surface area contributed by atoms with E-state index in [-0.39, 0.29) is 22.5 Å². The van der Waals surface area contributed by atoms with Gasteiger partial charge in [0.05, 0.1) is 6.61 Å². The number of aliphatic hydroxyl groups is 5. The van der Waals surface area contributed by atoms with Crippen LogP contribution in [0.1, 0.15) is 0 Å². The number of hydrogen-bond donors (Lipinski definition) is 8. The molecule has 0 aliphatic carbocycles. The van der Waals surface area contributed by atoms with Gasteiger partial charge in [-0.05, 0) is 24.3 Å². The molecule has 0 saturated carbocycles. The van der Waals surface area contributed by atoms with E-state index in [0.717, 1.165) is 12.1 Å². The minimum Gasteiger partial charge on any atom is -0.508 e. The van der Waals surface area contributed by atoms with E-state index in [0.29, 0.717) is 5.56 Å². The molecule has 0 amide bonds. The molecule has 1 aromatic heterocycles. The molecular formula is C21H22O11. The predicted octanol–water partition coefficient (Wildman–Crippen LogP) is -0.609. The van der Waals surface area contributed by atoms with Crippen LogP contribution in [0.15, 0.2) is 45.6 Å². The lowest BCUT2D eigenvalue weighted by Gasteiger charge is -2.25. The van der Waals surface area contributed by atoms with Gasteiger partial charge in [-0.25, -0.2) is 0 Å². The average Bonchev–Trinajstić information content (AvgIpc) is 2.76. The fraction of sp³-hybridized carbons (Fsp3) is 0.286. The normalized spacial score (nSPS) is 15.3. The lowest BCUT2D eigenvalue weighted by atomic mass is 10.0. The van der Waals surface area contributed by atoms with Gasteiger partial charge in [-0.3, -0.25) is 4.79 Å². The number of benzene rings is 2. The predicted molar refractivity (Wildman–Crippen MR) is 110 cm³/mol. The molecule has 8 N–H and O–H groups in total. The van der Waals surface area contributed by atoms with Gasteiger partial charge < -0.3 is 50.0 Å². The van der Waals surface area contributed by atoms with Crippen LogP contribution in [0.2, 0.25) is 0 Å². The molecule has 0 spiro atoms. The SMILES string of the molecule is O=c1cc(-c2ccc(O)cc2)oc2c(OCC(O)C(O)C(O)C(O)CO)c(O)cc(O)c12. The maximum atomic E-state index is 12.6. The second-order valence-electron chi connectivity index (χ2n) is 7.08. The third-order valence-electron chi connectivity index (χ3n) is 4.79. The van der Waals surface area contributed by atoms with E-state index in [1.807, 2.05) is 0 Å². The highest BCUT2D eigenvalue weighted by molar-refractivity contribution is 5.91. The van der Waals surface area contributed by atoms with E-state index in [4.69, 9.17) is 14.3 Å². The Morgan fingerprint density at radius 2 is 1.50 bits per heavy atom. The quantitative estimate of drug-likeness (QED) is 0.218. The van der Waals surface area contributed by atoms with Crippen LogP contribution in [-0.4, -0.2) is 78.5 Å². The molecule has 4 atom stereocenters. The molecule has 0 aliphatic rings. The number of fused-ring (bicyclic) bond motifs is 1. The van der Waals surface area contributed by atoms with Crippen molar-refractivity contribution in [3.63, 3.8) is 0 Å². The third-order valence-corrected chi connectivity index (χ3v) is 4.79. The van der Waals surface area contributed by atoms with Crippen LogP contribution < -0.4 is 10.2 Å². The average molecular weight is 450 g/mol. The number of hydrogen-bond acceptors (Lipinski definition) is 11. The van der Waals surface area contributed by atoms with Crippen LogP contribution in [0.5, 0.6) is 23.0 Å². The van der Waals surface area contributed by atoms with Gasteiger partial charge in [0.25, 0.3) is 0 Å². The Kier molecular flexibility index (Phi) is 6.87. The summed E-state index contributed by atoms with van der Waals surface area (Å²) in [5.74, 6) is -1.65. The van der Waals surface area contributed by atoms with Crippen molar-refractivity contribution >= 4 is 11.0 Å². The van der Waals surface area contributed by atoms with Crippen molar-refractivity contribution in [3.8, 4) is 34.3 Å². The van der Waals surface area contributed by atoms with Crippen molar-refractivity contribution in [2.24, 2.45) is 0 Å². The molecule has 0 radical (unpaired) electrons. The Labute approximate surface area is 180 Å². The highest BCUT2D eigenvalue weighted by Crippen LogP contribution is 2.40. The molecule has 2 aromatic carbocycles. The fourth-order valence-electron chi connectivity index (χ4n) is 3.02. The van der Waals surface area contributed by atoms with Crippen molar-refractivity contribution in [3.05, 3.63) is 46.6 Å². The van der Waals surface area contributed by atoms with Crippen molar-refractivity contribution in [2.45, 2.75) is 24.4 Å². The van der Waals surface area contributed by atoms with Crippen molar-refractivity contribution in [2.75, 3.05) is 13.2 Å². The van der Waals surface area contributed by atoms with Gasteiger partial charge in [0.1, 0.15) is 53.7 Å². The van der Waals surface area contributed by atoms with Crippen molar-refractivity contribution in [1.82, 2.24) is 0 Å². The van der Waals surface area contributed by atoms with Gasteiger partial charge in [0.15, 0.2) is 16.8 Å². The molecule has 0 aliphatic heterocycles. The summed E-state index contributed by atoms with van der Waals surface area (Å²) in [6.07, 6.45) is -7.29. The molecule has 0 saturated heterocycles. The van der Waals surface area contributed by atoms with Crippen LogP contribution in [0, 0.1) is 0 Å². The van der Waals surface area contributed by atoms with E-state index in [9.17, 15) is 40.5 Å². The second kappa shape index (κ2) is 9.42. The first-order valence-electron chi connectivity index (χ1n) is 9.42. The van der Waals surface area contributed by atoms with Crippen LogP contribution in [-0.2, 0) is 0 Å². The highest BCUT2D eigenvalue weighted by atomic mass is 16.5. The Morgan fingerprint density at radius 3 is 2.12 bits per heavy atom. The maximum Gasteiger partial charge on any atom is 0.205 e. The first-order chi connectivity index (χ1) is 15.1. The summed E-state index contributed by atoms with van der Waals surface area (Å²) < 4.78 is 11.0. The molecule has 32 heavy (non-hydrogen) atoms. The van der Waals surface area contributed by atoms with Gasteiger partial charge in [-0.2, -0.15) is 0 Å². The zero-order chi connectivity index (χ0) is 23.6. The number of rotatable bonds is 8. The first kappa shape index (κ1) is 23.3. The fourth-order valence-corrected chi connectivity index (χ4v) is 3.02. The summed E-state index contributed by atoms with van der Waals surface area (Å²) in [5.41, 5.74) is -0.624. The van der Waals surface area contributed by atoms with E-state index >= 15 is 0 Å². The Hall–Kier alpha value is -3.35. The Morgan fingerprint density at radius 1 is 0.875 bits per heavy atom. The number of phenols is 3. The molecule has 0 bridgehead atoms. The number of aromatic hydroxyl groups is 3.